The highest BCUT2D eigenvalue weighted by molar-refractivity contribution is 6.11. The van der Waals surface area contributed by atoms with Crippen molar-refractivity contribution in [2.75, 3.05) is 18.4 Å². The number of anilines is 1. The number of nitrogens with one attached hydrogen (secondary N) is 2. The molecule has 7 nitrogen and oxygen atoms in total. The van der Waals surface area contributed by atoms with E-state index < -0.39 is 17.8 Å². The SMILES string of the molecule is O=C(Nc1ccc(C(F)(F)F)nc1)c1n[nH]c2ccc(-c3cncc(CN4CCCC4)c3)cc12. The second kappa shape index (κ2) is 8.86. The summed E-state index contributed by atoms with van der Waals surface area (Å²) in [6.07, 6.45) is 2.52. The zero-order valence-corrected chi connectivity index (χ0v) is 18.1. The largest absolute Gasteiger partial charge is 0.433 e. The topological polar surface area (TPSA) is 86.8 Å². The summed E-state index contributed by atoms with van der Waals surface area (Å²) in [5.74, 6) is -0.550. The summed E-state index contributed by atoms with van der Waals surface area (Å²) >= 11 is 0. The lowest BCUT2D eigenvalue weighted by Gasteiger charge is -2.14. The molecule has 1 amide bonds. The molecule has 0 unspecified atom stereocenters. The number of hydrogen-bond acceptors (Lipinski definition) is 5. The van der Waals surface area contributed by atoms with Crippen molar-refractivity contribution < 1.29 is 18.0 Å². The van der Waals surface area contributed by atoms with Crippen molar-refractivity contribution >= 4 is 22.5 Å². The van der Waals surface area contributed by atoms with Crippen LogP contribution in [0.3, 0.4) is 0 Å². The summed E-state index contributed by atoms with van der Waals surface area (Å²) < 4.78 is 38.1. The highest BCUT2D eigenvalue weighted by Gasteiger charge is 2.32. The number of hydrogen-bond donors (Lipinski definition) is 2. The van der Waals surface area contributed by atoms with Gasteiger partial charge in [0.25, 0.3) is 5.91 Å². The highest BCUT2D eigenvalue weighted by Crippen LogP contribution is 2.29. The molecule has 0 bridgehead atoms. The number of nitrogens with zero attached hydrogens (tertiary/aromatic N) is 4. The third-order valence-electron chi connectivity index (χ3n) is 5.82. The molecule has 4 aromatic rings. The quantitative estimate of drug-likeness (QED) is 0.438. The van der Waals surface area contributed by atoms with Crippen LogP contribution in [-0.2, 0) is 12.7 Å². The van der Waals surface area contributed by atoms with Crippen molar-refractivity contribution in [3.63, 3.8) is 0 Å². The lowest BCUT2D eigenvalue weighted by atomic mass is 10.0. The average molecular weight is 466 g/mol. The van der Waals surface area contributed by atoms with E-state index in [9.17, 15) is 18.0 Å². The Kier molecular flexibility index (Phi) is 5.74. The van der Waals surface area contributed by atoms with E-state index in [1.165, 1.54) is 12.8 Å². The van der Waals surface area contributed by atoms with E-state index in [2.05, 4.69) is 36.4 Å². The van der Waals surface area contributed by atoms with Crippen LogP contribution in [0.2, 0.25) is 0 Å². The summed E-state index contributed by atoms with van der Waals surface area (Å²) in [6, 6.07) is 9.69. The second-order valence-corrected chi connectivity index (χ2v) is 8.28. The Morgan fingerprint density at radius 1 is 1.03 bits per heavy atom. The number of halogens is 3. The Labute approximate surface area is 193 Å². The molecular weight excluding hydrogens is 445 g/mol. The molecule has 0 radical (unpaired) electrons. The van der Waals surface area contributed by atoms with E-state index in [4.69, 9.17) is 0 Å². The van der Waals surface area contributed by atoms with E-state index in [0.29, 0.717) is 10.9 Å². The maximum Gasteiger partial charge on any atom is 0.433 e. The first-order valence-corrected chi connectivity index (χ1v) is 10.9. The number of pyridine rings is 2. The van der Waals surface area contributed by atoms with Gasteiger partial charge in [-0.2, -0.15) is 18.3 Å². The highest BCUT2D eigenvalue weighted by atomic mass is 19.4. The van der Waals surface area contributed by atoms with Gasteiger partial charge in [0.15, 0.2) is 5.69 Å². The second-order valence-electron chi connectivity index (χ2n) is 8.28. The molecule has 34 heavy (non-hydrogen) atoms. The molecule has 5 rings (SSSR count). The van der Waals surface area contributed by atoms with E-state index in [0.717, 1.165) is 54.7 Å². The summed E-state index contributed by atoms with van der Waals surface area (Å²) in [6.45, 7) is 3.04. The van der Waals surface area contributed by atoms with Gasteiger partial charge in [-0.25, -0.2) is 4.98 Å². The van der Waals surface area contributed by atoms with Crippen molar-refractivity contribution in [1.29, 1.82) is 0 Å². The van der Waals surface area contributed by atoms with Crippen LogP contribution in [0, 0.1) is 0 Å². The molecule has 0 spiro atoms. The summed E-state index contributed by atoms with van der Waals surface area (Å²) in [5.41, 5.74) is 2.86. The third kappa shape index (κ3) is 4.62. The Bertz CT molecular complexity index is 1330. The van der Waals surface area contributed by atoms with Crippen LogP contribution >= 0.6 is 0 Å². The molecule has 3 aromatic heterocycles. The number of carbonyl (C=O) groups is 1. The van der Waals surface area contributed by atoms with Crippen LogP contribution in [0.25, 0.3) is 22.0 Å². The van der Waals surface area contributed by atoms with Crippen molar-refractivity contribution in [3.8, 4) is 11.1 Å². The fourth-order valence-electron chi connectivity index (χ4n) is 4.12. The summed E-state index contributed by atoms with van der Waals surface area (Å²) in [7, 11) is 0. The van der Waals surface area contributed by atoms with Crippen LogP contribution in [0.1, 0.15) is 34.6 Å². The van der Waals surface area contributed by atoms with E-state index in [-0.39, 0.29) is 11.4 Å². The van der Waals surface area contributed by atoms with E-state index in [1.807, 2.05) is 24.4 Å². The smallest absolute Gasteiger partial charge is 0.319 e. The van der Waals surface area contributed by atoms with Gasteiger partial charge >= 0.3 is 6.18 Å². The van der Waals surface area contributed by atoms with E-state index in [1.54, 1.807) is 6.20 Å². The first-order valence-electron chi connectivity index (χ1n) is 10.9. The number of fused-ring (bicyclic) bond motifs is 1. The molecule has 0 aliphatic carbocycles. The van der Waals surface area contributed by atoms with Gasteiger partial charge in [-0.1, -0.05) is 6.07 Å². The fourth-order valence-corrected chi connectivity index (χ4v) is 4.12. The average Bonchev–Trinajstić information content (AvgIpc) is 3.48. The first-order chi connectivity index (χ1) is 16.4. The number of carbonyl (C=O) groups excluding carboxylic acids is 1. The fraction of sp³-hybridized carbons (Fsp3) is 0.250. The van der Waals surface area contributed by atoms with Gasteiger partial charge in [0, 0.05) is 29.9 Å². The Morgan fingerprint density at radius 2 is 1.85 bits per heavy atom. The molecule has 1 fully saturated rings. The normalized spacial score (nSPS) is 14.6. The first kappa shape index (κ1) is 22.0. The van der Waals surface area contributed by atoms with Crippen LogP contribution in [0.4, 0.5) is 18.9 Å². The number of aromatic amines is 1. The van der Waals surface area contributed by atoms with Crippen LogP contribution < -0.4 is 5.32 Å². The lowest BCUT2D eigenvalue weighted by molar-refractivity contribution is -0.141. The van der Waals surface area contributed by atoms with Gasteiger partial charge in [0.1, 0.15) is 5.69 Å². The van der Waals surface area contributed by atoms with Crippen LogP contribution in [0.5, 0.6) is 0 Å². The number of aromatic nitrogens is 4. The van der Waals surface area contributed by atoms with Gasteiger partial charge in [0.05, 0.1) is 17.4 Å². The van der Waals surface area contributed by atoms with Gasteiger partial charge in [-0.15, -0.1) is 0 Å². The molecule has 10 heteroatoms. The molecular formula is C24H21F3N6O. The van der Waals surface area contributed by atoms with Gasteiger partial charge in [-0.05, 0) is 67.4 Å². The molecule has 1 saturated heterocycles. The standard InChI is InChI=1S/C24H21F3N6O/c25-24(26,27)21-6-4-18(13-29-21)30-23(34)22-19-10-16(3-5-20(19)31-32-22)17-9-15(11-28-12-17)14-33-7-1-2-8-33/h3-6,9-13H,1-2,7-8,14H2,(H,30,34)(H,31,32). The Hall–Kier alpha value is -3.79. The number of alkyl halides is 3. The number of H-pyrrole nitrogens is 1. The zero-order valence-electron chi connectivity index (χ0n) is 18.1. The van der Waals surface area contributed by atoms with Gasteiger partial charge in [0.2, 0.25) is 0 Å². The van der Waals surface area contributed by atoms with Crippen molar-refractivity contribution in [1.82, 2.24) is 25.1 Å². The molecule has 0 saturated carbocycles. The predicted octanol–water partition coefficient (Wildman–Crippen LogP) is 4.89. The number of benzene rings is 1. The minimum Gasteiger partial charge on any atom is -0.319 e. The molecule has 174 valence electrons. The maximum absolute atomic E-state index is 12.8. The van der Waals surface area contributed by atoms with Gasteiger partial charge < -0.3 is 5.32 Å². The molecule has 1 aliphatic heterocycles. The van der Waals surface area contributed by atoms with Crippen molar-refractivity contribution in [3.05, 3.63) is 71.9 Å². The zero-order chi connectivity index (χ0) is 23.7. The molecule has 2 N–H and O–H groups in total. The molecule has 4 heterocycles. The number of rotatable bonds is 5. The predicted molar refractivity (Wildman–Crippen MR) is 121 cm³/mol. The maximum atomic E-state index is 12.8. The summed E-state index contributed by atoms with van der Waals surface area (Å²) in [5, 5.41) is 10.1. The molecule has 1 aromatic carbocycles. The van der Waals surface area contributed by atoms with Crippen molar-refractivity contribution in [2.45, 2.75) is 25.6 Å². The lowest BCUT2D eigenvalue weighted by Crippen LogP contribution is -2.18. The molecule has 1 aliphatic rings. The van der Waals surface area contributed by atoms with Crippen LogP contribution in [0.15, 0.2) is 55.0 Å². The summed E-state index contributed by atoms with van der Waals surface area (Å²) in [4.78, 5) is 23.0. The monoisotopic (exact) mass is 466 g/mol. The number of amides is 1. The minimum atomic E-state index is -4.54. The Balaban J connectivity index is 1.38. The Morgan fingerprint density at radius 3 is 2.59 bits per heavy atom. The van der Waals surface area contributed by atoms with Crippen LogP contribution in [-0.4, -0.2) is 44.1 Å². The van der Waals surface area contributed by atoms with E-state index >= 15 is 0 Å². The van der Waals surface area contributed by atoms with Gasteiger partial charge in [-0.3, -0.25) is 19.8 Å². The van der Waals surface area contributed by atoms with Crippen molar-refractivity contribution in [2.24, 2.45) is 0 Å². The number of likely N-dealkylation sites (tertiary alicyclic amines) is 1. The minimum absolute atomic E-state index is 0.137. The molecule has 0 atom stereocenters. The third-order valence-corrected chi connectivity index (χ3v) is 5.82.